The van der Waals surface area contributed by atoms with Gasteiger partial charge in [0.1, 0.15) is 5.25 Å². The third-order valence-electron chi connectivity index (χ3n) is 1.07. The lowest BCUT2D eigenvalue weighted by Crippen LogP contribution is -2.31. The van der Waals surface area contributed by atoms with E-state index in [4.69, 9.17) is 5.26 Å². The van der Waals surface area contributed by atoms with Crippen molar-refractivity contribution in [1.82, 2.24) is 5.32 Å². The van der Waals surface area contributed by atoms with Gasteiger partial charge in [-0.2, -0.15) is 5.26 Å². The molecule has 0 bridgehead atoms. The van der Waals surface area contributed by atoms with Gasteiger partial charge in [0, 0.05) is 18.8 Å². The van der Waals surface area contributed by atoms with Crippen LogP contribution in [-0.4, -0.2) is 24.1 Å². The molecule has 0 aliphatic carbocycles. The van der Waals surface area contributed by atoms with Gasteiger partial charge in [0.15, 0.2) is 0 Å². The van der Waals surface area contributed by atoms with Gasteiger partial charge < -0.3 is 5.32 Å². The SMILES string of the molecule is N#C[C@H]1CNCCS1. The molecular formula is C5H8N2S. The molecule has 1 aliphatic rings. The van der Waals surface area contributed by atoms with Crippen molar-refractivity contribution in [3.8, 4) is 6.07 Å². The van der Waals surface area contributed by atoms with Gasteiger partial charge in [-0.1, -0.05) is 0 Å². The molecule has 1 fully saturated rings. The third-order valence-corrected chi connectivity index (χ3v) is 2.19. The molecule has 1 atom stereocenters. The molecule has 44 valence electrons. The van der Waals surface area contributed by atoms with Crippen molar-refractivity contribution in [2.24, 2.45) is 0 Å². The molecule has 0 saturated carbocycles. The van der Waals surface area contributed by atoms with Crippen LogP contribution in [0.4, 0.5) is 0 Å². The van der Waals surface area contributed by atoms with Crippen molar-refractivity contribution in [3.05, 3.63) is 0 Å². The predicted molar refractivity (Wildman–Crippen MR) is 34.7 cm³/mol. The van der Waals surface area contributed by atoms with E-state index in [0.717, 1.165) is 18.8 Å². The fraction of sp³-hybridized carbons (Fsp3) is 0.800. The van der Waals surface area contributed by atoms with Gasteiger partial charge in [-0.25, -0.2) is 0 Å². The molecule has 1 saturated heterocycles. The van der Waals surface area contributed by atoms with Crippen LogP contribution in [0, 0.1) is 11.3 Å². The van der Waals surface area contributed by atoms with Crippen molar-refractivity contribution in [3.63, 3.8) is 0 Å². The average Bonchev–Trinajstić information content (AvgIpc) is 1.90. The number of thioether (sulfide) groups is 1. The molecule has 0 aromatic rings. The molecule has 0 spiro atoms. The summed E-state index contributed by atoms with van der Waals surface area (Å²) in [6.45, 7) is 1.92. The molecule has 1 heterocycles. The van der Waals surface area contributed by atoms with E-state index < -0.39 is 0 Å². The van der Waals surface area contributed by atoms with Gasteiger partial charge in [0.2, 0.25) is 0 Å². The summed E-state index contributed by atoms with van der Waals surface area (Å²) in [6.07, 6.45) is 0. The Morgan fingerprint density at radius 2 is 2.62 bits per heavy atom. The Hall–Kier alpha value is -0.200. The maximum atomic E-state index is 8.38. The van der Waals surface area contributed by atoms with Crippen LogP contribution in [0.25, 0.3) is 0 Å². The second kappa shape index (κ2) is 2.95. The van der Waals surface area contributed by atoms with Crippen LogP contribution in [0.15, 0.2) is 0 Å². The molecule has 0 aromatic heterocycles. The standard InChI is InChI=1S/C5H8N2S/c6-3-5-4-7-1-2-8-5/h5,7H,1-2,4H2/t5-/m0/s1. The highest BCUT2D eigenvalue weighted by atomic mass is 32.2. The number of hydrogen-bond donors (Lipinski definition) is 1. The highest BCUT2D eigenvalue weighted by Gasteiger charge is 2.10. The van der Waals surface area contributed by atoms with Crippen LogP contribution in [0.5, 0.6) is 0 Å². The summed E-state index contributed by atoms with van der Waals surface area (Å²) in [5, 5.41) is 11.7. The van der Waals surface area contributed by atoms with Crippen LogP contribution in [-0.2, 0) is 0 Å². The quantitative estimate of drug-likeness (QED) is 0.506. The van der Waals surface area contributed by atoms with Crippen molar-refractivity contribution in [1.29, 1.82) is 5.26 Å². The largest absolute Gasteiger partial charge is 0.314 e. The van der Waals surface area contributed by atoms with Crippen LogP contribution >= 0.6 is 11.8 Å². The van der Waals surface area contributed by atoms with Crippen molar-refractivity contribution in [2.75, 3.05) is 18.8 Å². The summed E-state index contributed by atoms with van der Waals surface area (Å²) in [4.78, 5) is 0. The molecule has 8 heavy (non-hydrogen) atoms. The monoisotopic (exact) mass is 128 g/mol. The average molecular weight is 128 g/mol. The zero-order chi connectivity index (χ0) is 5.82. The minimum absolute atomic E-state index is 0.198. The fourth-order valence-corrected chi connectivity index (χ4v) is 1.51. The summed E-state index contributed by atoms with van der Waals surface area (Å²) >= 11 is 1.74. The van der Waals surface area contributed by atoms with Crippen LogP contribution < -0.4 is 5.32 Å². The highest BCUT2D eigenvalue weighted by Crippen LogP contribution is 2.10. The van der Waals surface area contributed by atoms with E-state index in [1.54, 1.807) is 11.8 Å². The Bertz CT molecular complexity index is 101. The summed E-state index contributed by atoms with van der Waals surface area (Å²) in [7, 11) is 0. The maximum Gasteiger partial charge on any atom is 0.104 e. The molecule has 0 radical (unpaired) electrons. The van der Waals surface area contributed by atoms with Gasteiger partial charge >= 0.3 is 0 Å². The first-order valence-electron chi connectivity index (χ1n) is 2.65. The summed E-state index contributed by atoms with van der Waals surface area (Å²) in [5.74, 6) is 1.08. The Morgan fingerprint density at radius 3 is 3.00 bits per heavy atom. The predicted octanol–water partition coefficient (Wildman–Crippen LogP) is 0.215. The van der Waals surface area contributed by atoms with Gasteiger partial charge in [-0.05, 0) is 0 Å². The number of rotatable bonds is 0. The fourth-order valence-electron chi connectivity index (χ4n) is 0.648. The van der Waals surface area contributed by atoms with Gasteiger partial charge in [-0.3, -0.25) is 0 Å². The second-order valence-electron chi connectivity index (χ2n) is 1.69. The first-order chi connectivity index (χ1) is 3.93. The lowest BCUT2D eigenvalue weighted by Gasteiger charge is -2.15. The molecule has 0 unspecified atom stereocenters. The summed E-state index contributed by atoms with van der Waals surface area (Å²) < 4.78 is 0. The van der Waals surface area contributed by atoms with E-state index in [0.29, 0.717) is 0 Å². The summed E-state index contributed by atoms with van der Waals surface area (Å²) in [5.41, 5.74) is 0. The smallest absolute Gasteiger partial charge is 0.104 e. The Labute approximate surface area is 53.3 Å². The van der Waals surface area contributed by atoms with E-state index in [-0.39, 0.29) is 5.25 Å². The third kappa shape index (κ3) is 1.39. The number of nitriles is 1. The number of nitrogens with zero attached hydrogens (tertiary/aromatic N) is 1. The Balaban J connectivity index is 2.25. The first-order valence-corrected chi connectivity index (χ1v) is 3.70. The molecule has 0 aromatic carbocycles. The van der Waals surface area contributed by atoms with E-state index >= 15 is 0 Å². The normalized spacial score (nSPS) is 29.1. The summed E-state index contributed by atoms with van der Waals surface area (Å²) in [6, 6.07) is 2.20. The van der Waals surface area contributed by atoms with E-state index in [1.165, 1.54) is 0 Å². The zero-order valence-corrected chi connectivity index (χ0v) is 5.37. The van der Waals surface area contributed by atoms with Gasteiger partial charge in [0.05, 0.1) is 6.07 Å². The second-order valence-corrected chi connectivity index (χ2v) is 3.00. The molecule has 2 nitrogen and oxygen atoms in total. The molecule has 3 heteroatoms. The lowest BCUT2D eigenvalue weighted by molar-refractivity contribution is 0.722. The highest BCUT2D eigenvalue weighted by molar-refractivity contribution is 8.00. The van der Waals surface area contributed by atoms with Crippen molar-refractivity contribution < 1.29 is 0 Å². The maximum absolute atomic E-state index is 8.38. The van der Waals surface area contributed by atoms with Crippen molar-refractivity contribution >= 4 is 11.8 Å². The number of nitrogens with one attached hydrogen (secondary N) is 1. The lowest BCUT2D eigenvalue weighted by atomic mass is 10.4. The molecule has 1 rings (SSSR count). The molecular weight excluding hydrogens is 120 g/mol. The van der Waals surface area contributed by atoms with E-state index in [9.17, 15) is 0 Å². The van der Waals surface area contributed by atoms with Crippen LogP contribution in [0.3, 0.4) is 0 Å². The van der Waals surface area contributed by atoms with Crippen molar-refractivity contribution in [2.45, 2.75) is 5.25 Å². The van der Waals surface area contributed by atoms with E-state index in [2.05, 4.69) is 11.4 Å². The zero-order valence-electron chi connectivity index (χ0n) is 4.55. The molecule has 1 aliphatic heterocycles. The molecule has 1 N–H and O–H groups in total. The topological polar surface area (TPSA) is 35.8 Å². The Morgan fingerprint density at radius 1 is 1.75 bits per heavy atom. The Kier molecular flexibility index (Phi) is 2.19. The van der Waals surface area contributed by atoms with Crippen LogP contribution in [0.2, 0.25) is 0 Å². The first kappa shape index (κ1) is 5.93. The molecule has 0 amide bonds. The minimum atomic E-state index is 0.198. The van der Waals surface area contributed by atoms with Gasteiger partial charge in [0.25, 0.3) is 0 Å². The van der Waals surface area contributed by atoms with E-state index in [1.807, 2.05) is 0 Å². The minimum Gasteiger partial charge on any atom is -0.314 e. The number of hydrogen-bond acceptors (Lipinski definition) is 3. The van der Waals surface area contributed by atoms with Gasteiger partial charge in [-0.15, -0.1) is 11.8 Å². The van der Waals surface area contributed by atoms with Crippen LogP contribution in [0.1, 0.15) is 0 Å².